The molecule has 15 heavy (non-hydrogen) atoms. The number of fused-ring (bicyclic) bond motifs is 3. The summed E-state index contributed by atoms with van der Waals surface area (Å²) in [4.78, 5) is 7.49. The predicted octanol–water partition coefficient (Wildman–Crippen LogP) is 4.13. The monoisotopic (exact) mass is 280 g/mol. The van der Waals surface area contributed by atoms with Crippen LogP contribution in [0.15, 0.2) is 34.9 Å². The largest absolute Gasteiger partial charge is 0.339 e. The molecular formula is C11H6BrClN2. The van der Waals surface area contributed by atoms with Gasteiger partial charge in [0.2, 0.25) is 0 Å². The number of rotatable bonds is 0. The van der Waals surface area contributed by atoms with Crippen LogP contribution in [0.2, 0.25) is 5.02 Å². The van der Waals surface area contributed by atoms with E-state index >= 15 is 0 Å². The number of aromatic nitrogens is 2. The fraction of sp³-hybridized carbons (Fsp3) is 0. The molecule has 1 N–H and O–H groups in total. The van der Waals surface area contributed by atoms with Crippen molar-refractivity contribution < 1.29 is 0 Å². The molecule has 3 rings (SSSR count). The Bertz CT molecular complexity index is 604. The lowest BCUT2D eigenvalue weighted by atomic mass is 10.2. The van der Waals surface area contributed by atoms with Gasteiger partial charge in [-0.3, -0.25) is 0 Å². The molecule has 0 atom stereocenters. The van der Waals surface area contributed by atoms with E-state index in [1.807, 2.05) is 18.2 Å². The molecular weight excluding hydrogens is 275 g/mol. The summed E-state index contributed by atoms with van der Waals surface area (Å²) >= 11 is 9.38. The summed E-state index contributed by atoms with van der Waals surface area (Å²) in [5, 5.41) is 2.84. The van der Waals surface area contributed by atoms with Gasteiger partial charge in [-0.25, -0.2) is 4.98 Å². The first-order valence-corrected chi connectivity index (χ1v) is 5.63. The lowest BCUT2D eigenvalue weighted by molar-refractivity contribution is 1.35. The second-order valence-electron chi connectivity index (χ2n) is 3.36. The minimum atomic E-state index is 0.656. The van der Waals surface area contributed by atoms with E-state index in [9.17, 15) is 0 Å². The molecule has 0 fully saturated rings. The van der Waals surface area contributed by atoms with Crippen molar-refractivity contribution in [2.24, 2.45) is 0 Å². The molecule has 0 spiro atoms. The number of pyridine rings is 1. The highest BCUT2D eigenvalue weighted by Gasteiger charge is 2.05. The van der Waals surface area contributed by atoms with Crippen LogP contribution >= 0.6 is 27.5 Å². The van der Waals surface area contributed by atoms with E-state index in [0.29, 0.717) is 5.02 Å². The zero-order valence-electron chi connectivity index (χ0n) is 7.59. The molecule has 0 amide bonds. The third-order valence-corrected chi connectivity index (χ3v) is 3.08. The van der Waals surface area contributed by atoms with Crippen molar-refractivity contribution in [2.75, 3.05) is 0 Å². The van der Waals surface area contributed by atoms with Crippen LogP contribution < -0.4 is 0 Å². The molecule has 2 aromatic heterocycles. The number of H-pyrrole nitrogens is 1. The van der Waals surface area contributed by atoms with E-state index < -0.39 is 0 Å². The SMILES string of the molecule is Clc1cnc2[nH]c3ccc(Br)cc3c2c1. The standard InChI is InChI=1S/C11H6BrClN2/c12-6-1-2-10-8(3-6)9-4-7(13)5-14-11(9)15-10/h1-5H,(H,14,15). The molecule has 0 aliphatic carbocycles. The Hall–Kier alpha value is -1.06. The quantitative estimate of drug-likeness (QED) is 0.659. The molecule has 74 valence electrons. The Morgan fingerprint density at radius 2 is 2.07 bits per heavy atom. The van der Waals surface area contributed by atoms with Gasteiger partial charge in [0, 0.05) is 27.0 Å². The maximum Gasteiger partial charge on any atom is 0.138 e. The van der Waals surface area contributed by atoms with E-state index in [-0.39, 0.29) is 0 Å². The highest BCUT2D eigenvalue weighted by molar-refractivity contribution is 9.10. The number of halogens is 2. The summed E-state index contributed by atoms with van der Waals surface area (Å²) in [7, 11) is 0. The van der Waals surface area contributed by atoms with Gasteiger partial charge in [-0.1, -0.05) is 27.5 Å². The minimum absolute atomic E-state index is 0.656. The summed E-state index contributed by atoms with van der Waals surface area (Å²) < 4.78 is 1.05. The van der Waals surface area contributed by atoms with E-state index in [1.54, 1.807) is 6.20 Å². The lowest BCUT2D eigenvalue weighted by Crippen LogP contribution is -1.74. The molecule has 0 saturated heterocycles. The second-order valence-corrected chi connectivity index (χ2v) is 4.72. The van der Waals surface area contributed by atoms with Gasteiger partial charge < -0.3 is 4.98 Å². The third-order valence-electron chi connectivity index (χ3n) is 2.38. The van der Waals surface area contributed by atoms with Crippen LogP contribution in [0.5, 0.6) is 0 Å². The van der Waals surface area contributed by atoms with Crippen LogP contribution in [-0.2, 0) is 0 Å². The molecule has 0 aliphatic heterocycles. The molecule has 0 unspecified atom stereocenters. The van der Waals surface area contributed by atoms with Crippen LogP contribution in [0.25, 0.3) is 21.9 Å². The first-order valence-electron chi connectivity index (χ1n) is 4.46. The minimum Gasteiger partial charge on any atom is -0.339 e. The number of hydrogen-bond acceptors (Lipinski definition) is 1. The first-order chi connectivity index (χ1) is 7.24. The van der Waals surface area contributed by atoms with E-state index in [2.05, 4.69) is 32.0 Å². The second kappa shape index (κ2) is 3.22. The third kappa shape index (κ3) is 1.43. The maximum absolute atomic E-state index is 5.93. The lowest BCUT2D eigenvalue weighted by Gasteiger charge is -1.92. The molecule has 1 aromatic carbocycles. The molecule has 3 aromatic rings. The molecule has 0 bridgehead atoms. The van der Waals surface area contributed by atoms with Crippen molar-refractivity contribution in [3.05, 3.63) is 40.0 Å². The van der Waals surface area contributed by atoms with Crippen LogP contribution in [0.1, 0.15) is 0 Å². The van der Waals surface area contributed by atoms with Crippen molar-refractivity contribution in [3.63, 3.8) is 0 Å². The summed E-state index contributed by atoms with van der Waals surface area (Å²) in [6, 6.07) is 8.01. The van der Waals surface area contributed by atoms with Gasteiger partial charge in [-0.15, -0.1) is 0 Å². The number of hydrogen-bond donors (Lipinski definition) is 1. The van der Waals surface area contributed by atoms with Gasteiger partial charge >= 0.3 is 0 Å². The van der Waals surface area contributed by atoms with Gasteiger partial charge in [-0.2, -0.15) is 0 Å². The number of nitrogens with zero attached hydrogens (tertiary/aromatic N) is 1. The fourth-order valence-corrected chi connectivity index (χ4v) is 2.24. The van der Waals surface area contributed by atoms with Gasteiger partial charge in [0.25, 0.3) is 0 Å². The number of nitrogens with one attached hydrogen (secondary N) is 1. The van der Waals surface area contributed by atoms with Crippen LogP contribution in [-0.4, -0.2) is 9.97 Å². The molecule has 0 saturated carbocycles. The zero-order valence-corrected chi connectivity index (χ0v) is 9.93. The van der Waals surface area contributed by atoms with E-state index in [4.69, 9.17) is 11.6 Å². The average molecular weight is 282 g/mol. The molecule has 0 radical (unpaired) electrons. The Morgan fingerprint density at radius 1 is 1.20 bits per heavy atom. The van der Waals surface area contributed by atoms with Crippen LogP contribution in [0, 0.1) is 0 Å². The van der Waals surface area contributed by atoms with Gasteiger partial charge in [-0.05, 0) is 24.3 Å². The Morgan fingerprint density at radius 3 is 2.93 bits per heavy atom. The van der Waals surface area contributed by atoms with Gasteiger partial charge in [0.1, 0.15) is 5.65 Å². The molecule has 2 nitrogen and oxygen atoms in total. The summed E-state index contributed by atoms with van der Waals surface area (Å²) in [6.45, 7) is 0. The zero-order chi connectivity index (χ0) is 10.4. The Kier molecular flexibility index (Phi) is 1.97. The molecule has 2 heterocycles. The molecule has 4 heteroatoms. The van der Waals surface area contributed by atoms with Gasteiger partial charge in [0.05, 0.1) is 5.02 Å². The van der Waals surface area contributed by atoms with Crippen molar-refractivity contribution in [1.29, 1.82) is 0 Å². The average Bonchev–Trinajstić information content (AvgIpc) is 2.56. The van der Waals surface area contributed by atoms with Crippen LogP contribution in [0.4, 0.5) is 0 Å². The first kappa shape index (κ1) is 9.19. The number of aromatic amines is 1. The fourth-order valence-electron chi connectivity index (χ4n) is 1.72. The van der Waals surface area contributed by atoms with Gasteiger partial charge in [0.15, 0.2) is 0 Å². The highest BCUT2D eigenvalue weighted by Crippen LogP contribution is 2.28. The summed E-state index contributed by atoms with van der Waals surface area (Å²) in [5.74, 6) is 0. The predicted molar refractivity (Wildman–Crippen MR) is 66.3 cm³/mol. The Balaban J connectivity index is 2.55. The smallest absolute Gasteiger partial charge is 0.138 e. The van der Waals surface area contributed by atoms with E-state index in [1.165, 1.54) is 0 Å². The van der Waals surface area contributed by atoms with E-state index in [0.717, 1.165) is 26.4 Å². The highest BCUT2D eigenvalue weighted by atomic mass is 79.9. The summed E-state index contributed by atoms with van der Waals surface area (Å²) in [6.07, 6.45) is 1.65. The van der Waals surface area contributed by atoms with Crippen molar-refractivity contribution in [1.82, 2.24) is 9.97 Å². The normalized spacial score (nSPS) is 11.3. The molecule has 0 aliphatic rings. The van der Waals surface area contributed by atoms with Crippen molar-refractivity contribution >= 4 is 49.5 Å². The van der Waals surface area contributed by atoms with Crippen molar-refractivity contribution in [2.45, 2.75) is 0 Å². The van der Waals surface area contributed by atoms with Crippen LogP contribution in [0.3, 0.4) is 0 Å². The topological polar surface area (TPSA) is 28.7 Å². The maximum atomic E-state index is 5.93. The number of benzene rings is 1. The Labute approximate surface area is 99.4 Å². The van der Waals surface area contributed by atoms with Crippen molar-refractivity contribution in [3.8, 4) is 0 Å². The summed E-state index contributed by atoms with van der Waals surface area (Å²) in [5.41, 5.74) is 1.94.